The van der Waals surface area contributed by atoms with Crippen LogP contribution in [-0.2, 0) is 28.7 Å². The number of allylic oxidation sites excluding steroid dienone is 2. The summed E-state index contributed by atoms with van der Waals surface area (Å²) in [5.74, 6) is 0.558. The number of amides is 1. The number of phenolic OH excluding ortho intramolecular Hbond substituents is 1. The fourth-order valence-corrected chi connectivity index (χ4v) is 5.14. The van der Waals surface area contributed by atoms with Gasteiger partial charge in [0.1, 0.15) is 12.4 Å². The number of phenols is 1. The Morgan fingerprint density at radius 2 is 1.42 bits per heavy atom. The maximum absolute atomic E-state index is 12.6. The van der Waals surface area contributed by atoms with Crippen LogP contribution in [0.1, 0.15) is 94.0 Å². The summed E-state index contributed by atoms with van der Waals surface area (Å²) in [6, 6.07) is 3.99. The van der Waals surface area contributed by atoms with Crippen LogP contribution in [0.15, 0.2) is 24.3 Å². The highest BCUT2D eigenvalue weighted by molar-refractivity contribution is 5.76. The van der Waals surface area contributed by atoms with E-state index in [1.54, 1.807) is 0 Å². The zero-order valence-electron chi connectivity index (χ0n) is 20.5. The van der Waals surface area contributed by atoms with Crippen LogP contribution in [0, 0.1) is 0 Å². The van der Waals surface area contributed by atoms with Crippen LogP contribution < -0.4 is 5.32 Å². The van der Waals surface area contributed by atoms with Gasteiger partial charge in [-0.3, -0.25) is 9.36 Å². The molecule has 2 aromatic rings. The highest BCUT2D eigenvalue weighted by Gasteiger charge is 2.41. The first-order valence-electron chi connectivity index (χ1n) is 11.7. The zero-order chi connectivity index (χ0) is 24.3. The summed E-state index contributed by atoms with van der Waals surface area (Å²) in [5, 5.41) is 34.9. The Hall–Kier alpha value is -2.89. The van der Waals surface area contributed by atoms with E-state index in [0.717, 1.165) is 34.2 Å². The van der Waals surface area contributed by atoms with Crippen molar-refractivity contribution in [1.29, 1.82) is 0 Å². The van der Waals surface area contributed by atoms with E-state index < -0.39 is 0 Å². The molecular weight excluding hydrogens is 416 g/mol. The second-order valence-corrected chi connectivity index (χ2v) is 11.5. The number of nitrogens with one attached hydrogen (secondary N) is 1. The van der Waals surface area contributed by atoms with Crippen molar-refractivity contribution in [2.45, 2.75) is 90.1 Å². The Labute approximate surface area is 196 Å². The van der Waals surface area contributed by atoms with E-state index in [4.69, 9.17) is 0 Å². The smallest absolute Gasteiger partial charge is 0.221 e. The fraction of sp³-hybridized carbons (Fsp3) is 0.519. The number of fused-ring (bicyclic) bond motifs is 5. The van der Waals surface area contributed by atoms with Crippen molar-refractivity contribution in [3.8, 4) is 17.5 Å². The summed E-state index contributed by atoms with van der Waals surface area (Å²) in [6.45, 7) is 12.4. The van der Waals surface area contributed by atoms with Crippen molar-refractivity contribution in [2.24, 2.45) is 0 Å². The summed E-state index contributed by atoms with van der Waals surface area (Å²) in [4.78, 5) is 12.6. The Bertz CT molecular complexity index is 1060. The van der Waals surface area contributed by atoms with Gasteiger partial charge in [-0.05, 0) is 40.4 Å². The molecule has 1 aromatic carbocycles. The minimum Gasteiger partial charge on any atom is -0.507 e. The first-order chi connectivity index (χ1) is 15.3. The number of benzene rings is 1. The van der Waals surface area contributed by atoms with Gasteiger partial charge in [0.15, 0.2) is 11.8 Å². The molecule has 178 valence electrons. The SMILES string of the molecule is CC(C)(C)c1cc(CCC(=O)NCn2c(O)c3c(c2O)C2C=CC3C2)cc(C(C)(C)C)c1O. The number of aromatic nitrogens is 1. The van der Waals surface area contributed by atoms with Gasteiger partial charge in [0.25, 0.3) is 0 Å². The van der Waals surface area contributed by atoms with Gasteiger partial charge in [0.05, 0.1) is 0 Å². The van der Waals surface area contributed by atoms with Crippen molar-refractivity contribution in [1.82, 2.24) is 9.88 Å². The summed E-state index contributed by atoms with van der Waals surface area (Å²) < 4.78 is 1.38. The first-order valence-corrected chi connectivity index (χ1v) is 11.7. The lowest BCUT2D eigenvalue weighted by molar-refractivity contribution is -0.121. The molecule has 0 spiro atoms. The second kappa shape index (κ2) is 7.86. The molecule has 0 aliphatic heterocycles. The number of rotatable bonds is 5. The Kier molecular flexibility index (Phi) is 5.54. The van der Waals surface area contributed by atoms with Gasteiger partial charge in [-0.1, -0.05) is 65.8 Å². The Morgan fingerprint density at radius 3 is 1.88 bits per heavy atom. The van der Waals surface area contributed by atoms with E-state index >= 15 is 0 Å². The molecule has 1 amide bonds. The van der Waals surface area contributed by atoms with E-state index in [-0.39, 0.29) is 53.4 Å². The highest BCUT2D eigenvalue weighted by Crippen LogP contribution is 2.56. The maximum Gasteiger partial charge on any atom is 0.221 e. The molecule has 0 radical (unpaired) electrons. The zero-order valence-corrected chi connectivity index (χ0v) is 20.5. The number of carbonyl (C=O) groups is 1. The van der Waals surface area contributed by atoms with Crippen LogP contribution in [0.5, 0.6) is 17.5 Å². The third-order valence-corrected chi connectivity index (χ3v) is 6.97. The normalized spacial score (nSPS) is 19.2. The minimum atomic E-state index is -0.222. The van der Waals surface area contributed by atoms with E-state index in [1.165, 1.54) is 4.57 Å². The van der Waals surface area contributed by atoms with Gasteiger partial charge < -0.3 is 20.6 Å². The summed E-state index contributed by atoms with van der Waals surface area (Å²) in [7, 11) is 0. The predicted octanol–water partition coefficient (Wildman–Crippen LogP) is 5.05. The predicted molar refractivity (Wildman–Crippen MR) is 129 cm³/mol. The number of aryl methyl sites for hydroxylation is 1. The van der Waals surface area contributed by atoms with Gasteiger partial charge in [0, 0.05) is 29.4 Å². The van der Waals surface area contributed by atoms with Gasteiger partial charge in [0.2, 0.25) is 5.91 Å². The molecule has 4 N–H and O–H groups in total. The quantitative estimate of drug-likeness (QED) is 0.478. The van der Waals surface area contributed by atoms with Crippen LogP contribution in [0.3, 0.4) is 0 Å². The van der Waals surface area contributed by atoms with Crippen LogP contribution in [0.2, 0.25) is 0 Å². The third-order valence-electron chi connectivity index (χ3n) is 6.97. The van der Waals surface area contributed by atoms with Gasteiger partial charge in [-0.25, -0.2) is 0 Å². The molecule has 2 aliphatic rings. The number of nitrogens with zero attached hydrogens (tertiary/aromatic N) is 1. The van der Waals surface area contributed by atoms with E-state index in [2.05, 4.69) is 59.0 Å². The first kappa shape index (κ1) is 23.3. The average Bonchev–Trinajstić information content (AvgIpc) is 3.38. The van der Waals surface area contributed by atoms with E-state index in [0.29, 0.717) is 12.2 Å². The minimum absolute atomic E-state index is 0.0268. The van der Waals surface area contributed by atoms with Crippen molar-refractivity contribution in [3.05, 3.63) is 52.1 Å². The standard InChI is InChI=1S/C27H36N2O4/c1-26(2,3)18-11-15(12-19(23(18)31)27(4,5)6)7-10-20(30)28-14-29-24(32)21-16-8-9-17(13-16)22(21)25(29)33/h8-9,11-12,16-17,31-33H,7,10,13-14H2,1-6H3,(H,28,30). The van der Waals surface area contributed by atoms with Crippen LogP contribution in [0.25, 0.3) is 0 Å². The number of carbonyl (C=O) groups excluding carboxylic acids is 1. The van der Waals surface area contributed by atoms with Crippen molar-refractivity contribution >= 4 is 5.91 Å². The Morgan fingerprint density at radius 1 is 0.939 bits per heavy atom. The van der Waals surface area contributed by atoms with Crippen molar-refractivity contribution in [3.63, 3.8) is 0 Å². The lowest BCUT2D eigenvalue weighted by Gasteiger charge is -2.28. The van der Waals surface area contributed by atoms with Crippen molar-refractivity contribution in [2.75, 3.05) is 0 Å². The molecule has 0 saturated carbocycles. The van der Waals surface area contributed by atoms with Crippen LogP contribution >= 0.6 is 0 Å². The third kappa shape index (κ3) is 4.11. The lowest BCUT2D eigenvalue weighted by Crippen LogP contribution is -2.26. The molecule has 2 aliphatic carbocycles. The molecule has 1 heterocycles. The van der Waals surface area contributed by atoms with Crippen LogP contribution in [-0.4, -0.2) is 25.8 Å². The van der Waals surface area contributed by atoms with Crippen molar-refractivity contribution < 1.29 is 20.1 Å². The monoisotopic (exact) mass is 452 g/mol. The molecule has 2 unspecified atom stereocenters. The van der Waals surface area contributed by atoms with Gasteiger partial charge in [-0.2, -0.15) is 0 Å². The lowest BCUT2D eigenvalue weighted by atomic mass is 9.78. The number of hydrogen-bond acceptors (Lipinski definition) is 4. The molecule has 4 rings (SSSR count). The average molecular weight is 453 g/mol. The Balaban J connectivity index is 1.45. The molecule has 2 atom stereocenters. The molecule has 2 bridgehead atoms. The number of hydrogen-bond donors (Lipinski definition) is 4. The second-order valence-electron chi connectivity index (χ2n) is 11.5. The molecule has 6 heteroatoms. The molecule has 33 heavy (non-hydrogen) atoms. The molecule has 6 nitrogen and oxygen atoms in total. The topological polar surface area (TPSA) is 94.7 Å². The van der Waals surface area contributed by atoms with E-state index in [9.17, 15) is 20.1 Å². The maximum atomic E-state index is 12.6. The molecule has 1 aromatic heterocycles. The van der Waals surface area contributed by atoms with Crippen LogP contribution in [0.4, 0.5) is 0 Å². The van der Waals surface area contributed by atoms with E-state index in [1.807, 2.05) is 12.1 Å². The number of aromatic hydroxyl groups is 3. The van der Waals surface area contributed by atoms with Gasteiger partial charge in [-0.15, -0.1) is 0 Å². The summed E-state index contributed by atoms with van der Waals surface area (Å²) in [6.07, 6.45) is 5.85. The molecule has 0 saturated heterocycles. The molecular formula is C27H36N2O4. The largest absolute Gasteiger partial charge is 0.507 e. The fourth-order valence-electron chi connectivity index (χ4n) is 5.14. The highest BCUT2D eigenvalue weighted by atomic mass is 16.3. The van der Waals surface area contributed by atoms with Gasteiger partial charge >= 0.3 is 0 Å². The summed E-state index contributed by atoms with van der Waals surface area (Å²) >= 11 is 0. The summed E-state index contributed by atoms with van der Waals surface area (Å²) in [5.41, 5.74) is 3.91. The molecule has 0 fully saturated rings.